The zero-order valence-corrected chi connectivity index (χ0v) is 21.7. The van der Waals surface area contributed by atoms with E-state index in [1.54, 1.807) is 21.1 Å². The molecule has 38 heavy (non-hydrogen) atoms. The summed E-state index contributed by atoms with van der Waals surface area (Å²) in [7, 11) is 0. The van der Waals surface area contributed by atoms with Crippen LogP contribution >= 0.6 is 11.3 Å². The highest BCUT2D eigenvalue weighted by Gasteiger charge is 2.55. The highest BCUT2D eigenvalue weighted by atomic mass is 32.1. The summed E-state index contributed by atoms with van der Waals surface area (Å²) in [5, 5.41) is 14.5. The minimum Gasteiger partial charge on any atom is -0.480 e. The molecule has 2 saturated heterocycles. The molecule has 2 aliphatic heterocycles. The maximum atomic E-state index is 14.1. The number of carbonyl (C=O) groups excluding carboxylic acids is 2. The Labute approximate surface area is 225 Å². The quantitative estimate of drug-likeness (QED) is 0.463. The molecule has 3 aliphatic rings. The van der Waals surface area contributed by atoms with E-state index in [0.717, 1.165) is 18.4 Å². The third kappa shape index (κ3) is 4.51. The SMILES string of the molecule is O=C(O)[C@@H]1[C@H]2CCC(CN1C(=O)N(c1ccccc1)c1ccccc1)N2C(=O)N(Cc1ccsc1)C1CC1. The predicted molar refractivity (Wildman–Crippen MR) is 145 cm³/mol. The van der Waals surface area contributed by atoms with Gasteiger partial charge in [-0.2, -0.15) is 11.3 Å². The van der Waals surface area contributed by atoms with Gasteiger partial charge in [0, 0.05) is 19.1 Å². The van der Waals surface area contributed by atoms with Gasteiger partial charge >= 0.3 is 18.0 Å². The number of rotatable bonds is 6. The van der Waals surface area contributed by atoms with Crippen molar-refractivity contribution in [1.29, 1.82) is 0 Å². The minimum absolute atomic E-state index is 0.104. The molecular weight excluding hydrogens is 500 g/mol. The fraction of sp³-hybridized carbons (Fsp3) is 0.345. The summed E-state index contributed by atoms with van der Waals surface area (Å²) in [6, 6.07) is 18.3. The van der Waals surface area contributed by atoms with Crippen molar-refractivity contribution in [3.05, 3.63) is 83.1 Å². The molecule has 196 valence electrons. The Bertz CT molecular complexity index is 1260. The molecule has 1 aliphatic carbocycles. The van der Waals surface area contributed by atoms with Crippen molar-refractivity contribution in [3.8, 4) is 0 Å². The third-order valence-corrected chi connectivity index (χ3v) is 8.49. The van der Waals surface area contributed by atoms with Gasteiger partial charge in [-0.3, -0.25) is 4.90 Å². The van der Waals surface area contributed by atoms with Crippen LogP contribution in [0, 0.1) is 0 Å². The second-order valence-electron chi connectivity index (χ2n) is 10.2. The van der Waals surface area contributed by atoms with E-state index in [2.05, 4.69) is 5.38 Å². The summed E-state index contributed by atoms with van der Waals surface area (Å²) >= 11 is 1.60. The number of likely N-dealkylation sites (tertiary alicyclic amines) is 1. The van der Waals surface area contributed by atoms with Crippen LogP contribution in [0.4, 0.5) is 21.0 Å². The summed E-state index contributed by atoms with van der Waals surface area (Å²) in [6.07, 6.45) is 3.17. The lowest BCUT2D eigenvalue weighted by Crippen LogP contribution is -2.67. The van der Waals surface area contributed by atoms with Crippen molar-refractivity contribution in [3.63, 3.8) is 0 Å². The molecule has 4 amide bonds. The van der Waals surface area contributed by atoms with Gasteiger partial charge in [0.2, 0.25) is 0 Å². The number of para-hydroxylation sites is 2. The zero-order valence-electron chi connectivity index (χ0n) is 20.9. The number of benzene rings is 2. The van der Waals surface area contributed by atoms with E-state index in [0.29, 0.717) is 30.8 Å². The summed E-state index contributed by atoms with van der Waals surface area (Å²) in [4.78, 5) is 47.5. The number of carboxylic acids is 1. The summed E-state index contributed by atoms with van der Waals surface area (Å²) in [5.41, 5.74) is 2.41. The van der Waals surface area contributed by atoms with Gasteiger partial charge in [0.25, 0.3) is 0 Å². The molecule has 0 radical (unpaired) electrons. The number of aliphatic carboxylic acids is 1. The number of fused-ring (bicyclic) bond motifs is 2. The number of carboxylic acid groups (broad SMARTS) is 1. The second-order valence-corrected chi connectivity index (χ2v) is 11.0. The van der Waals surface area contributed by atoms with Gasteiger partial charge in [-0.15, -0.1) is 0 Å². The molecule has 1 aromatic heterocycles. The Morgan fingerprint density at radius 2 is 1.53 bits per heavy atom. The zero-order chi connectivity index (χ0) is 26.2. The lowest BCUT2D eigenvalue weighted by atomic mass is 10.0. The monoisotopic (exact) mass is 530 g/mol. The van der Waals surface area contributed by atoms with E-state index in [9.17, 15) is 19.5 Å². The summed E-state index contributed by atoms with van der Waals surface area (Å²) in [6.45, 7) is 0.713. The van der Waals surface area contributed by atoms with Crippen LogP contribution in [0.15, 0.2) is 77.5 Å². The molecule has 3 heterocycles. The van der Waals surface area contributed by atoms with Crippen molar-refractivity contribution >= 4 is 40.7 Å². The lowest BCUT2D eigenvalue weighted by Gasteiger charge is -2.47. The topological polar surface area (TPSA) is 84.4 Å². The minimum atomic E-state index is -1.12. The van der Waals surface area contributed by atoms with E-state index in [1.165, 1.54) is 4.90 Å². The van der Waals surface area contributed by atoms with Gasteiger partial charge in [0.15, 0.2) is 6.04 Å². The van der Waals surface area contributed by atoms with E-state index in [4.69, 9.17) is 0 Å². The van der Waals surface area contributed by atoms with Gasteiger partial charge in [0.05, 0.1) is 23.5 Å². The van der Waals surface area contributed by atoms with Gasteiger partial charge in [-0.25, -0.2) is 14.4 Å². The standard InChI is InChI=1S/C29H30N4O4S/c34-27(35)26-25-14-13-24(33(25)28(36)30(21-11-12-21)17-20-15-16-38-19-20)18-31(26)29(37)32(22-7-3-1-4-8-22)23-9-5-2-6-10-23/h1-10,15-16,19,21,24-26H,11-14,17-18H2,(H,34,35)/t24?,25-,26+/m1/s1. The van der Waals surface area contributed by atoms with Crippen LogP contribution in [0.3, 0.4) is 0 Å². The number of nitrogens with zero attached hydrogens (tertiary/aromatic N) is 4. The Morgan fingerprint density at radius 3 is 2.08 bits per heavy atom. The van der Waals surface area contributed by atoms with Crippen LogP contribution in [-0.2, 0) is 11.3 Å². The van der Waals surface area contributed by atoms with Crippen LogP contribution in [0.2, 0.25) is 0 Å². The average molecular weight is 531 g/mol. The highest BCUT2D eigenvalue weighted by molar-refractivity contribution is 7.07. The summed E-state index contributed by atoms with van der Waals surface area (Å²) in [5.74, 6) is -1.08. The van der Waals surface area contributed by atoms with Crippen molar-refractivity contribution in [1.82, 2.24) is 14.7 Å². The number of thiophene rings is 1. The van der Waals surface area contributed by atoms with Crippen molar-refractivity contribution in [2.75, 3.05) is 11.4 Å². The van der Waals surface area contributed by atoms with E-state index < -0.39 is 24.1 Å². The molecule has 6 rings (SSSR count). The van der Waals surface area contributed by atoms with E-state index in [-0.39, 0.29) is 24.7 Å². The number of hydrogen-bond donors (Lipinski definition) is 1. The normalized spacial score (nSPS) is 22.3. The van der Waals surface area contributed by atoms with E-state index in [1.807, 2.05) is 77.0 Å². The Hall–Kier alpha value is -3.85. The lowest BCUT2D eigenvalue weighted by molar-refractivity contribution is -0.145. The van der Waals surface area contributed by atoms with Crippen LogP contribution < -0.4 is 4.90 Å². The molecule has 3 fully saturated rings. The molecule has 2 aromatic carbocycles. The van der Waals surface area contributed by atoms with Crippen LogP contribution in [0.1, 0.15) is 31.2 Å². The Balaban J connectivity index is 1.31. The molecule has 3 aromatic rings. The van der Waals surface area contributed by atoms with Gasteiger partial charge in [0.1, 0.15) is 0 Å². The van der Waals surface area contributed by atoms with Crippen LogP contribution in [0.25, 0.3) is 0 Å². The van der Waals surface area contributed by atoms with Gasteiger partial charge in [-0.1, -0.05) is 36.4 Å². The highest BCUT2D eigenvalue weighted by Crippen LogP contribution is 2.39. The number of piperazine rings is 1. The van der Waals surface area contributed by atoms with Gasteiger partial charge < -0.3 is 19.8 Å². The number of urea groups is 2. The molecule has 0 spiro atoms. The van der Waals surface area contributed by atoms with Gasteiger partial charge in [-0.05, 0) is 72.3 Å². The fourth-order valence-electron chi connectivity index (χ4n) is 5.86. The molecule has 2 bridgehead atoms. The maximum absolute atomic E-state index is 14.1. The van der Waals surface area contributed by atoms with Crippen LogP contribution in [0.5, 0.6) is 0 Å². The largest absolute Gasteiger partial charge is 0.480 e. The molecule has 1 saturated carbocycles. The second kappa shape index (κ2) is 10.1. The fourth-order valence-corrected chi connectivity index (χ4v) is 6.52. The first kappa shape index (κ1) is 24.5. The Morgan fingerprint density at radius 1 is 0.868 bits per heavy atom. The maximum Gasteiger partial charge on any atom is 0.329 e. The third-order valence-electron chi connectivity index (χ3n) is 7.76. The predicted octanol–water partition coefficient (Wildman–Crippen LogP) is 5.39. The molecule has 9 heteroatoms. The smallest absolute Gasteiger partial charge is 0.329 e. The number of carbonyl (C=O) groups is 3. The first-order chi connectivity index (χ1) is 18.5. The molecule has 1 unspecified atom stereocenters. The first-order valence-corrected chi connectivity index (χ1v) is 14.0. The molecule has 3 atom stereocenters. The molecule has 8 nitrogen and oxygen atoms in total. The van der Waals surface area contributed by atoms with E-state index >= 15 is 0 Å². The Kier molecular flexibility index (Phi) is 6.53. The number of anilines is 2. The molecule has 1 N–H and O–H groups in total. The number of hydrogen-bond acceptors (Lipinski definition) is 4. The van der Waals surface area contributed by atoms with Crippen LogP contribution in [-0.4, -0.2) is 68.5 Å². The van der Waals surface area contributed by atoms with Crippen molar-refractivity contribution in [2.45, 2.75) is 56.4 Å². The van der Waals surface area contributed by atoms with Crippen molar-refractivity contribution < 1.29 is 19.5 Å². The summed E-state index contributed by atoms with van der Waals surface area (Å²) < 4.78 is 0. The average Bonchev–Trinajstić information content (AvgIpc) is 3.56. The number of amides is 4. The van der Waals surface area contributed by atoms with Crippen molar-refractivity contribution in [2.24, 2.45) is 0 Å². The molecular formula is C29H30N4O4S. The first-order valence-electron chi connectivity index (χ1n) is 13.1.